The molecule has 0 spiro atoms. The van der Waals surface area contributed by atoms with Crippen molar-refractivity contribution in [2.75, 3.05) is 61.4 Å². The van der Waals surface area contributed by atoms with Gasteiger partial charge in [-0.15, -0.1) is 0 Å². The molecule has 2 saturated heterocycles. The van der Waals surface area contributed by atoms with E-state index in [1.54, 1.807) is 23.1 Å². The van der Waals surface area contributed by atoms with E-state index < -0.39 is 0 Å². The second kappa shape index (κ2) is 12.7. The van der Waals surface area contributed by atoms with Gasteiger partial charge in [0.05, 0.1) is 11.4 Å². The lowest BCUT2D eigenvalue weighted by atomic mass is 9.88. The molecule has 0 radical (unpaired) electrons. The fourth-order valence-corrected chi connectivity index (χ4v) is 6.80. The third-order valence-corrected chi connectivity index (χ3v) is 9.03. The highest BCUT2D eigenvalue weighted by Crippen LogP contribution is 2.29. The summed E-state index contributed by atoms with van der Waals surface area (Å²) in [5.74, 6) is 1.16. The Morgan fingerprint density at radius 2 is 1.72 bits per heavy atom. The maximum atomic E-state index is 14.1. The molecule has 39 heavy (non-hydrogen) atoms. The van der Waals surface area contributed by atoms with Crippen LogP contribution in [0.25, 0.3) is 0 Å². The summed E-state index contributed by atoms with van der Waals surface area (Å²) in [5.41, 5.74) is 0.576. The number of aromatic nitrogens is 2. The Labute approximate surface area is 238 Å². The van der Waals surface area contributed by atoms with Crippen LogP contribution in [0.2, 0.25) is 5.15 Å². The largest absolute Gasteiger partial charge is 0.366 e. The zero-order chi connectivity index (χ0) is 27.4. The molecular weight excluding hydrogens is 539 g/mol. The minimum atomic E-state index is -0.242. The summed E-state index contributed by atoms with van der Waals surface area (Å²) in [5, 5.41) is 0.797. The van der Waals surface area contributed by atoms with E-state index in [2.05, 4.69) is 16.8 Å². The predicted molar refractivity (Wildman–Crippen MR) is 153 cm³/mol. The van der Waals surface area contributed by atoms with Gasteiger partial charge in [-0.25, -0.2) is 14.4 Å². The molecule has 1 aliphatic carbocycles. The number of thioether (sulfide) groups is 1. The Bertz CT molecular complexity index is 1170. The van der Waals surface area contributed by atoms with Crippen LogP contribution in [0.3, 0.4) is 0 Å². The Balaban J connectivity index is 1.13. The number of benzene rings is 1. The van der Waals surface area contributed by atoms with E-state index in [0.717, 1.165) is 31.5 Å². The third kappa shape index (κ3) is 6.77. The van der Waals surface area contributed by atoms with Crippen LogP contribution in [-0.2, 0) is 9.59 Å². The number of para-hydroxylation sites is 1. The summed E-state index contributed by atoms with van der Waals surface area (Å²) < 4.78 is 14.1. The van der Waals surface area contributed by atoms with Gasteiger partial charge in [0.1, 0.15) is 16.8 Å². The van der Waals surface area contributed by atoms with E-state index in [9.17, 15) is 14.0 Å². The maximum Gasteiger partial charge on any atom is 0.233 e. The molecule has 3 fully saturated rings. The first-order chi connectivity index (χ1) is 18.9. The van der Waals surface area contributed by atoms with Crippen molar-refractivity contribution in [3.8, 4) is 0 Å². The first-order valence-electron chi connectivity index (χ1n) is 13.9. The summed E-state index contributed by atoms with van der Waals surface area (Å²) in [7, 11) is 0. The van der Waals surface area contributed by atoms with Gasteiger partial charge >= 0.3 is 0 Å². The summed E-state index contributed by atoms with van der Waals surface area (Å²) in [4.78, 5) is 43.0. The fourth-order valence-electron chi connectivity index (χ4n) is 5.81. The van der Waals surface area contributed by atoms with Gasteiger partial charge < -0.3 is 19.6 Å². The van der Waals surface area contributed by atoms with E-state index in [4.69, 9.17) is 16.6 Å². The van der Waals surface area contributed by atoms with Crippen LogP contribution < -0.4 is 9.80 Å². The number of anilines is 2. The topological polar surface area (TPSA) is 72.9 Å². The van der Waals surface area contributed by atoms with Gasteiger partial charge in [0.15, 0.2) is 5.16 Å². The van der Waals surface area contributed by atoms with Crippen molar-refractivity contribution in [2.45, 2.75) is 50.2 Å². The molecule has 8 nitrogen and oxygen atoms in total. The smallest absolute Gasteiger partial charge is 0.233 e. The average molecular weight is 575 g/mol. The normalized spacial score (nSPS) is 20.8. The molecule has 2 aliphatic heterocycles. The number of piperazine rings is 2. The highest BCUT2D eigenvalue weighted by molar-refractivity contribution is 7.99. The molecule has 210 valence electrons. The van der Waals surface area contributed by atoms with Crippen molar-refractivity contribution >= 4 is 46.7 Å². The second-order valence-corrected chi connectivity index (χ2v) is 11.9. The van der Waals surface area contributed by atoms with Gasteiger partial charge in [-0.05, 0) is 31.9 Å². The third-order valence-electron chi connectivity index (χ3n) is 8.00. The Morgan fingerprint density at radius 3 is 2.44 bits per heavy atom. The molecule has 11 heteroatoms. The minimum Gasteiger partial charge on any atom is -0.366 e. The van der Waals surface area contributed by atoms with Crippen molar-refractivity contribution in [3.05, 3.63) is 41.3 Å². The Kier molecular flexibility index (Phi) is 9.12. The highest BCUT2D eigenvalue weighted by Gasteiger charge is 2.33. The Morgan fingerprint density at radius 1 is 1.00 bits per heavy atom. The van der Waals surface area contributed by atoms with E-state index in [1.165, 1.54) is 24.2 Å². The van der Waals surface area contributed by atoms with Crippen LogP contribution in [0.15, 0.2) is 35.5 Å². The van der Waals surface area contributed by atoms with E-state index in [0.29, 0.717) is 67.7 Å². The van der Waals surface area contributed by atoms with Crippen molar-refractivity contribution in [2.24, 2.45) is 5.92 Å². The van der Waals surface area contributed by atoms with Crippen molar-refractivity contribution < 1.29 is 14.0 Å². The molecule has 1 saturated carbocycles. The molecule has 2 aromatic rings. The van der Waals surface area contributed by atoms with Gasteiger partial charge in [-0.2, -0.15) is 0 Å². The molecule has 0 N–H and O–H groups in total. The SMILES string of the molecule is CC1CN(c2cc(Cl)nc(SCC(=O)N3CCN(c4ccccc4F)CC3)n2)CCN1C(=O)C1CCCCC1. The van der Waals surface area contributed by atoms with Gasteiger partial charge in [0.25, 0.3) is 0 Å². The number of carbonyl (C=O) groups excluding carboxylic acids is 2. The predicted octanol–water partition coefficient (Wildman–Crippen LogP) is 4.33. The summed E-state index contributed by atoms with van der Waals surface area (Å²) in [6.07, 6.45) is 5.55. The van der Waals surface area contributed by atoms with Crippen LogP contribution in [0, 0.1) is 11.7 Å². The monoisotopic (exact) mass is 574 g/mol. The lowest BCUT2D eigenvalue weighted by Gasteiger charge is -2.42. The molecule has 3 aliphatic rings. The lowest BCUT2D eigenvalue weighted by molar-refractivity contribution is -0.139. The molecule has 5 rings (SSSR count). The molecule has 1 aromatic carbocycles. The quantitative estimate of drug-likeness (QED) is 0.289. The van der Waals surface area contributed by atoms with Crippen LogP contribution in [0.5, 0.6) is 0 Å². The molecule has 1 atom stereocenters. The first-order valence-corrected chi connectivity index (χ1v) is 15.3. The summed E-state index contributed by atoms with van der Waals surface area (Å²) >= 11 is 7.63. The van der Waals surface area contributed by atoms with Crippen LogP contribution >= 0.6 is 23.4 Å². The average Bonchev–Trinajstić information content (AvgIpc) is 2.96. The van der Waals surface area contributed by atoms with Crippen LogP contribution in [-0.4, -0.2) is 89.2 Å². The molecule has 1 unspecified atom stereocenters. The van der Waals surface area contributed by atoms with E-state index in [-0.39, 0.29) is 29.4 Å². The molecule has 0 bridgehead atoms. The number of hydrogen-bond donors (Lipinski definition) is 0. The van der Waals surface area contributed by atoms with Gasteiger partial charge in [0, 0.05) is 63.8 Å². The second-order valence-electron chi connectivity index (χ2n) is 10.6. The van der Waals surface area contributed by atoms with E-state index >= 15 is 0 Å². The zero-order valence-electron chi connectivity index (χ0n) is 22.4. The lowest BCUT2D eigenvalue weighted by Crippen LogP contribution is -2.55. The van der Waals surface area contributed by atoms with Crippen molar-refractivity contribution in [3.63, 3.8) is 0 Å². The van der Waals surface area contributed by atoms with Crippen LogP contribution in [0.4, 0.5) is 15.9 Å². The minimum absolute atomic E-state index is 0.00164. The summed E-state index contributed by atoms with van der Waals surface area (Å²) in [6, 6.07) is 8.57. The number of amides is 2. The first kappa shape index (κ1) is 28.0. The molecule has 1 aromatic heterocycles. The molecule has 3 heterocycles. The number of nitrogens with zero attached hydrogens (tertiary/aromatic N) is 6. The number of carbonyl (C=O) groups is 2. The van der Waals surface area contributed by atoms with Crippen LogP contribution in [0.1, 0.15) is 39.0 Å². The van der Waals surface area contributed by atoms with E-state index in [1.807, 2.05) is 15.9 Å². The van der Waals surface area contributed by atoms with Gasteiger partial charge in [-0.1, -0.05) is 54.8 Å². The Hall–Kier alpha value is -2.59. The van der Waals surface area contributed by atoms with Crippen molar-refractivity contribution in [1.82, 2.24) is 19.8 Å². The van der Waals surface area contributed by atoms with Gasteiger partial charge in [-0.3, -0.25) is 9.59 Å². The number of rotatable bonds is 6. The highest BCUT2D eigenvalue weighted by atomic mass is 35.5. The van der Waals surface area contributed by atoms with Crippen molar-refractivity contribution in [1.29, 1.82) is 0 Å². The summed E-state index contributed by atoms with van der Waals surface area (Å²) in [6.45, 7) is 6.37. The number of hydrogen-bond acceptors (Lipinski definition) is 7. The fraction of sp³-hybridized carbons (Fsp3) is 0.571. The number of halogens is 2. The van der Waals surface area contributed by atoms with Gasteiger partial charge in [0.2, 0.25) is 11.8 Å². The molecular formula is C28H36ClFN6O2S. The standard InChI is InChI=1S/C28H36ClFN6O2S/c1-20-18-35(15-16-36(20)27(38)21-7-3-2-4-8-21)25-17-24(29)31-28(32-25)39-19-26(37)34-13-11-33(12-14-34)23-10-6-5-9-22(23)30/h5-6,9-10,17,20-21H,2-4,7-8,11-16,18-19H2,1H3. The maximum absolute atomic E-state index is 14.1. The zero-order valence-corrected chi connectivity index (χ0v) is 24.0. The molecule has 2 amide bonds.